The van der Waals surface area contributed by atoms with Crippen LogP contribution in [0.25, 0.3) is 0 Å². The summed E-state index contributed by atoms with van der Waals surface area (Å²) in [5.41, 5.74) is 1.81. The van der Waals surface area contributed by atoms with Crippen molar-refractivity contribution in [1.82, 2.24) is 15.0 Å². The van der Waals surface area contributed by atoms with Crippen molar-refractivity contribution in [2.24, 2.45) is 5.92 Å². The fourth-order valence-electron chi connectivity index (χ4n) is 6.81. The van der Waals surface area contributed by atoms with Crippen LogP contribution < -0.4 is 14.5 Å². The number of nitro groups is 1. The van der Waals surface area contributed by atoms with Gasteiger partial charge in [0.1, 0.15) is 5.75 Å². The second-order valence-corrected chi connectivity index (χ2v) is 12.8. The number of fused-ring (bicyclic) bond motifs is 2. The van der Waals surface area contributed by atoms with E-state index < -0.39 is 22.3 Å². The molecule has 0 aliphatic carbocycles. The van der Waals surface area contributed by atoms with Crippen molar-refractivity contribution < 1.29 is 29.5 Å². The lowest BCUT2D eigenvalue weighted by atomic mass is 9.82. The van der Waals surface area contributed by atoms with Crippen molar-refractivity contribution in [1.29, 1.82) is 0 Å². The number of aliphatic hydroxyl groups is 2. The molecule has 2 aliphatic heterocycles. The van der Waals surface area contributed by atoms with E-state index in [0.717, 1.165) is 11.1 Å². The summed E-state index contributed by atoms with van der Waals surface area (Å²) in [6.45, 7) is 2.05. The predicted molar refractivity (Wildman–Crippen MR) is 192 cm³/mol. The zero-order valence-corrected chi connectivity index (χ0v) is 28.3. The molecule has 0 saturated heterocycles. The summed E-state index contributed by atoms with van der Waals surface area (Å²) in [5.74, 6) is -1.26. The third-order valence-electron chi connectivity index (χ3n) is 9.61. The zero-order valence-electron chi connectivity index (χ0n) is 28.3. The second kappa shape index (κ2) is 14.2. The fourth-order valence-corrected chi connectivity index (χ4v) is 6.81. The van der Waals surface area contributed by atoms with E-state index in [1.54, 1.807) is 65.2 Å². The van der Waals surface area contributed by atoms with Crippen LogP contribution in [0.2, 0.25) is 0 Å². The number of carbonyl (C=O) groups is 2. The number of amides is 2. The van der Waals surface area contributed by atoms with E-state index in [1.165, 1.54) is 23.1 Å². The van der Waals surface area contributed by atoms with E-state index in [9.17, 15) is 29.9 Å². The summed E-state index contributed by atoms with van der Waals surface area (Å²) in [7, 11) is 0. The predicted octanol–water partition coefficient (Wildman–Crippen LogP) is 5.38. The molecule has 3 atom stereocenters. The first-order chi connectivity index (χ1) is 25.2. The third-order valence-corrected chi connectivity index (χ3v) is 9.61. The number of aliphatic hydroxyl groups excluding tert-OH is 1. The summed E-state index contributed by atoms with van der Waals surface area (Å²) in [6.07, 6.45) is 5.85. The van der Waals surface area contributed by atoms with E-state index in [-0.39, 0.29) is 42.8 Å². The second-order valence-electron chi connectivity index (χ2n) is 12.8. The number of carbonyl (C=O) groups excluding carboxylic acids is 2. The summed E-state index contributed by atoms with van der Waals surface area (Å²) >= 11 is 0. The van der Waals surface area contributed by atoms with Gasteiger partial charge in [-0.25, -0.2) is 0 Å². The number of nitro benzene ring substituents is 1. The molecule has 7 rings (SSSR count). The molecule has 13 heteroatoms. The van der Waals surface area contributed by atoms with E-state index in [4.69, 9.17) is 4.74 Å². The zero-order chi connectivity index (χ0) is 36.4. The summed E-state index contributed by atoms with van der Waals surface area (Å²) < 4.78 is 7.24. The largest absolute Gasteiger partial charge is 0.482 e. The highest BCUT2D eigenvalue weighted by atomic mass is 16.6. The number of nitrogens with zero attached hydrogens (tertiary/aromatic N) is 6. The van der Waals surface area contributed by atoms with Crippen LogP contribution in [0.5, 0.6) is 5.75 Å². The first-order valence-corrected chi connectivity index (χ1v) is 16.9. The van der Waals surface area contributed by atoms with Gasteiger partial charge in [-0.05, 0) is 47.9 Å². The minimum absolute atomic E-state index is 0.0861. The van der Waals surface area contributed by atoms with Gasteiger partial charge < -0.3 is 19.8 Å². The lowest BCUT2D eigenvalue weighted by Gasteiger charge is -2.29. The number of ether oxygens (including phenoxy) is 1. The van der Waals surface area contributed by atoms with Crippen molar-refractivity contribution >= 4 is 34.6 Å². The Morgan fingerprint density at radius 1 is 1.00 bits per heavy atom. The lowest BCUT2D eigenvalue weighted by Crippen LogP contribution is -2.44. The van der Waals surface area contributed by atoms with E-state index in [2.05, 4.69) is 10.3 Å². The summed E-state index contributed by atoms with van der Waals surface area (Å²) in [6, 6.07) is 28.1. The van der Waals surface area contributed by atoms with Gasteiger partial charge in [-0.15, -0.1) is 5.10 Å². The first kappa shape index (κ1) is 34.3. The van der Waals surface area contributed by atoms with Crippen LogP contribution in [-0.2, 0) is 28.3 Å². The molecular formula is C39H36N6O7. The summed E-state index contributed by atoms with van der Waals surface area (Å²) in [5, 5.41) is 42.3. The Morgan fingerprint density at radius 2 is 1.75 bits per heavy atom. The highest BCUT2D eigenvalue weighted by molar-refractivity contribution is 6.07. The van der Waals surface area contributed by atoms with Gasteiger partial charge in [-0.2, -0.15) is 0 Å². The van der Waals surface area contributed by atoms with Crippen LogP contribution in [0.1, 0.15) is 41.6 Å². The number of para-hydroxylation sites is 2. The topological polar surface area (TPSA) is 164 Å². The molecule has 0 fully saturated rings. The minimum atomic E-state index is -2.06. The molecule has 4 aromatic carbocycles. The first-order valence-electron chi connectivity index (χ1n) is 16.9. The van der Waals surface area contributed by atoms with Gasteiger partial charge in [-0.3, -0.25) is 29.3 Å². The van der Waals surface area contributed by atoms with Gasteiger partial charge >= 0.3 is 0 Å². The molecule has 52 heavy (non-hydrogen) atoms. The number of benzene rings is 4. The van der Waals surface area contributed by atoms with Gasteiger partial charge in [0.25, 0.3) is 17.5 Å². The third kappa shape index (κ3) is 6.31. The van der Waals surface area contributed by atoms with E-state index in [1.807, 2.05) is 48.5 Å². The van der Waals surface area contributed by atoms with Crippen LogP contribution in [0.3, 0.4) is 0 Å². The number of hydrogen-bond acceptors (Lipinski definition) is 9. The molecule has 0 spiro atoms. The van der Waals surface area contributed by atoms with E-state index >= 15 is 0 Å². The fraction of sp³-hybridized carbons (Fsp3) is 0.231. The monoisotopic (exact) mass is 700 g/mol. The Morgan fingerprint density at radius 3 is 2.50 bits per heavy atom. The number of aromatic nitrogens is 3. The lowest BCUT2D eigenvalue weighted by molar-refractivity contribution is -0.385. The van der Waals surface area contributed by atoms with Crippen LogP contribution in [-0.4, -0.2) is 55.2 Å². The van der Waals surface area contributed by atoms with Crippen molar-refractivity contribution in [3.63, 3.8) is 0 Å². The molecule has 2 aliphatic rings. The molecule has 2 amide bonds. The number of anilines is 3. The number of rotatable bonds is 12. The van der Waals surface area contributed by atoms with Crippen LogP contribution >= 0.6 is 0 Å². The van der Waals surface area contributed by atoms with Crippen molar-refractivity contribution in [2.45, 2.75) is 38.0 Å². The number of allylic oxidation sites excluding steroid dienone is 1. The van der Waals surface area contributed by atoms with Gasteiger partial charge in [0, 0.05) is 42.0 Å². The number of non-ortho nitro benzene ring substituents is 1. The molecule has 0 radical (unpaired) electrons. The normalized spacial score (nSPS) is 17.9. The molecule has 0 bridgehead atoms. The number of hydrogen-bond donors (Lipinski definition) is 2. The van der Waals surface area contributed by atoms with Crippen LogP contribution in [0.4, 0.5) is 22.7 Å². The molecule has 1 aromatic heterocycles. The molecule has 2 N–H and O–H groups in total. The average molecular weight is 701 g/mol. The van der Waals surface area contributed by atoms with Crippen molar-refractivity contribution in [3.05, 3.63) is 148 Å². The minimum Gasteiger partial charge on any atom is -0.482 e. The maximum atomic E-state index is 14.1. The Labute approximate surface area is 299 Å². The van der Waals surface area contributed by atoms with Crippen molar-refractivity contribution in [2.75, 3.05) is 23.0 Å². The Bertz CT molecular complexity index is 2150. The molecule has 1 unspecified atom stereocenters. The maximum absolute atomic E-state index is 14.1. The van der Waals surface area contributed by atoms with Crippen LogP contribution in [0, 0.1) is 16.0 Å². The standard InChI is InChI=1S/C39H36N6O7/c1-26(9-7-8-20-42-23-33(40-41-42)31(24-46)28-10-3-2-4-11-28)39(49)32-21-30(45(50)51)18-19-34(32)43(38(39)48)22-27-14-16-29(17-15-27)44-35-12-5-6-13-36(35)52-25-37(44)47/h2-7,9-19,21,23,26,31,46,49H,8,20,22,24-25H2,1H3/b9-7+/t26-,31?,39+/m1/s1. The van der Waals surface area contributed by atoms with Crippen LogP contribution in [0.15, 0.2) is 115 Å². The van der Waals surface area contributed by atoms with Crippen molar-refractivity contribution in [3.8, 4) is 5.75 Å². The molecule has 0 saturated carbocycles. The average Bonchev–Trinajstić information content (AvgIpc) is 3.71. The number of aryl methyl sites for hydroxylation is 1. The van der Waals surface area contributed by atoms with Gasteiger partial charge in [0.2, 0.25) is 0 Å². The van der Waals surface area contributed by atoms with E-state index in [0.29, 0.717) is 41.5 Å². The van der Waals surface area contributed by atoms with Gasteiger partial charge in [0.05, 0.1) is 41.1 Å². The molecule has 3 heterocycles. The maximum Gasteiger partial charge on any atom is 0.269 e. The van der Waals surface area contributed by atoms with Gasteiger partial charge in [0.15, 0.2) is 12.2 Å². The smallest absolute Gasteiger partial charge is 0.269 e. The Balaban J connectivity index is 1.08. The Hall–Kier alpha value is -6.18. The molecule has 13 nitrogen and oxygen atoms in total. The molecular weight excluding hydrogens is 664 g/mol. The quantitative estimate of drug-likeness (QED) is 0.0988. The molecule has 264 valence electrons. The highest BCUT2D eigenvalue weighted by Gasteiger charge is 2.53. The Kier molecular flexibility index (Phi) is 9.37. The van der Waals surface area contributed by atoms with Gasteiger partial charge in [-0.1, -0.05) is 78.9 Å². The highest BCUT2D eigenvalue weighted by Crippen LogP contribution is 2.47. The molecule has 5 aromatic rings. The summed E-state index contributed by atoms with van der Waals surface area (Å²) in [4.78, 5) is 41.2. The SMILES string of the molecule is C[C@H](/C=C/CCn1cc(C(CO)c2ccccc2)nn1)[C@@]1(O)C(=O)N(Cc2ccc(N3C(=O)COc4ccccc43)cc2)c2ccc([N+](=O)[O-])cc21.